The summed E-state index contributed by atoms with van der Waals surface area (Å²) < 4.78 is 26.0. The van der Waals surface area contributed by atoms with Crippen molar-refractivity contribution in [2.45, 2.75) is 52.4 Å². The van der Waals surface area contributed by atoms with Gasteiger partial charge in [-0.2, -0.15) is 0 Å². The Balaban J connectivity index is 3.75. The van der Waals surface area contributed by atoms with E-state index >= 15 is 0 Å². The molecule has 0 radical (unpaired) electrons. The van der Waals surface area contributed by atoms with Gasteiger partial charge >= 0.3 is 0 Å². The molecule has 2 atom stereocenters. The van der Waals surface area contributed by atoms with Crippen LogP contribution in [0.25, 0.3) is 0 Å². The quantitative estimate of drug-likeness (QED) is 0.592. The Labute approximate surface area is 79.7 Å². The Kier molecular flexibility index (Phi) is 4.98. The highest BCUT2D eigenvalue weighted by Gasteiger charge is 2.21. The van der Waals surface area contributed by atoms with E-state index in [1.165, 1.54) is 0 Å². The molecule has 0 heterocycles. The predicted molar refractivity (Wildman–Crippen MR) is 51.9 cm³/mol. The summed E-state index contributed by atoms with van der Waals surface area (Å²) in [6, 6.07) is 0. The van der Waals surface area contributed by atoms with E-state index < -0.39 is 12.3 Å². The van der Waals surface area contributed by atoms with Crippen LogP contribution in [0.5, 0.6) is 0 Å². The molecule has 0 aromatic heterocycles. The highest BCUT2D eigenvalue weighted by atomic mass is 19.1. The second kappa shape index (κ2) is 5.21. The van der Waals surface area contributed by atoms with Gasteiger partial charge in [0.1, 0.15) is 12.3 Å². The third-order valence-corrected chi connectivity index (χ3v) is 1.68. The van der Waals surface area contributed by atoms with E-state index in [-0.39, 0.29) is 18.3 Å². The molecule has 0 aliphatic carbocycles. The SMILES string of the molecule is C#CCC(F)CC(F)CC(C)(C)C. The summed E-state index contributed by atoms with van der Waals surface area (Å²) in [7, 11) is 0. The van der Waals surface area contributed by atoms with Crippen LogP contribution < -0.4 is 0 Å². The minimum absolute atomic E-state index is 0.0184. The first kappa shape index (κ1) is 12.4. The Morgan fingerprint density at radius 2 is 1.77 bits per heavy atom. The molecule has 0 saturated heterocycles. The first-order valence-corrected chi connectivity index (χ1v) is 4.57. The summed E-state index contributed by atoms with van der Waals surface area (Å²) >= 11 is 0. The van der Waals surface area contributed by atoms with E-state index in [4.69, 9.17) is 6.42 Å². The number of terminal acetylenes is 1. The lowest BCUT2D eigenvalue weighted by molar-refractivity contribution is 0.169. The maximum Gasteiger partial charge on any atom is 0.114 e. The lowest BCUT2D eigenvalue weighted by atomic mass is 9.88. The lowest BCUT2D eigenvalue weighted by Crippen LogP contribution is -2.17. The van der Waals surface area contributed by atoms with Crippen LogP contribution in [0.2, 0.25) is 0 Å². The molecule has 0 bridgehead atoms. The van der Waals surface area contributed by atoms with Gasteiger partial charge in [0.2, 0.25) is 0 Å². The summed E-state index contributed by atoms with van der Waals surface area (Å²) in [5.74, 6) is 2.19. The van der Waals surface area contributed by atoms with E-state index in [0.717, 1.165) is 0 Å². The van der Waals surface area contributed by atoms with Gasteiger partial charge in [-0.1, -0.05) is 20.8 Å². The Hall–Kier alpha value is -0.580. The molecule has 0 fully saturated rings. The summed E-state index contributed by atoms with van der Waals surface area (Å²) in [6.45, 7) is 5.82. The highest BCUT2D eigenvalue weighted by Crippen LogP contribution is 2.25. The molecule has 76 valence electrons. The van der Waals surface area contributed by atoms with Crippen LogP contribution in [0, 0.1) is 17.8 Å². The first-order chi connectivity index (χ1) is 5.85. The fourth-order valence-electron chi connectivity index (χ4n) is 1.24. The van der Waals surface area contributed by atoms with Gasteiger partial charge < -0.3 is 0 Å². The molecule has 0 rings (SSSR count). The average Bonchev–Trinajstić information content (AvgIpc) is 1.81. The molecule has 0 spiro atoms. The van der Waals surface area contributed by atoms with Gasteiger partial charge in [0.15, 0.2) is 0 Å². The van der Waals surface area contributed by atoms with Gasteiger partial charge in [0.05, 0.1) is 0 Å². The van der Waals surface area contributed by atoms with Crippen LogP contribution in [0.4, 0.5) is 8.78 Å². The van der Waals surface area contributed by atoms with Crippen LogP contribution >= 0.6 is 0 Å². The second-order valence-electron chi connectivity index (χ2n) is 4.60. The van der Waals surface area contributed by atoms with E-state index in [0.29, 0.717) is 6.42 Å². The molecule has 0 aromatic rings. The van der Waals surface area contributed by atoms with Crippen molar-refractivity contribution >= 4 is 0 Å². The topological polar surface area (TPSA) is 0 Å². The molecule has 2 heteroatoms. The molecule has 2 unspecified atom stereocenters. The number of halogens is 2. The second-order valence-corrected chi connectivity index (χ2v) is 4.60. The van der Waals surface area contributed by atoms with Crippen LogP contribution in [0.3, 0.4) is 0 Å². The zero-order valence-corrected chi connectivity index (χ0v) is 8.61. The third-order valence-electron chi connectivity index (χ3n) is 1.68. The van der Waals surface area contributed by atoms with Crippen molar-refractivity contribution in [3.8, 4) is 12.3 Å². The summed E-state index contributed by atoms with van der Waals surface area (Å²) in [5, 5.41) is 0. The van der Waals surface area contributed by atoms with Crippen molar-refractivity contribution in [2.24, 2.45) is 5.41 Å². The largest absolute Gasteiger partial charge is 0.247 e. The standard InChI is InChI=1S/C11H18F2/c1-5-6-9(12)7-10(13)8-11(2,3)4/h1,9-10H,6-8H2,2-4H3. The zero-order valence-electron chi connectivity index (χ0n) is 8.61. The van der Waals surface area contributed by atoms with Crippen molar-refractivity contribution in [3.05, 3.63) is 0 Å². The molecule has 0 aromatic carbocycles. The zero-order chi connectivity index (χ0) is 10.5. The molecule has 0 nitrogen and oxygen atoms in total. The monoisotopic (exact) mass is 188 g/mol. The van der Waals surface area contributed by atoms with Gasteiger partial charge in [-0.15, -0.1) is 12.3 Å². The van der Waals surface area contributed by atoms with Crippen molar-refractivity contribution < 1.29 is 8.78 Å². The molecule has 0 amide bonds. The van der Waals surface area contributed by atoms with Crippen LogP contribution in [-0.4, -0.2) is 12.3 Å². The first-order valence-electron chi connectivity index (χ1n) is 4.57. The van der Waals surface area contributed by atoms with E-state index in [9.17, 15) is 8.78 Å². The molecular formula is C11H18F2. The Morgan fingerprint density at radius 3 is 2.15 bits per heavy atom. The average molecular weight is 188 g/mol. The predicted octanol–water partition coefficient (Wildman–Crippen LogP) is 3.51. The van der Waals surface area contributed by atoms with Gasteiger partial charge in [0, 0.05) is 12.8 Å². The Morgan fingerprint density at radius 1 is 1.23 bits per heavy atom. The van der Waals surface area contributed by atoms with E-state index in [1.54, 1.807) is 0 Å². The van der Waals surface area contributed by atoms with Crippen LogP contribution in [-0.2, 0) is 0 Å². The number of alkyl halides is 2. The van der Waals surface area contributed by atoms with Crippen molar-refractivity contribution in [2.75, 3.05) is 0 Å². The van der Waals surface area contributed by atoms with Crippen molar-refractivity contribution in [3.63, 3.8) is 0 Å². The molecular weight excluding hydrogens is 170 g/mol. The molecule has 0 aliphatic heterocycles. The smallest absolute Gasteiger partial charge is 0.114 e. The molecule has 0 aliphatic rings. The van der Waals surface area contributed by atoms with E-state index in [1.807, 2.05) is 20.8 Å². The molecule has 0 saturated carbocycles. The van der Waals surface area contributed by atoms with Gasteiger partial charge in [0.25, 0.3) is 0 Å². The van der Waals surface area contributed by atoms with Crippen LogP contribution in [0.1, 0.15) is 40.0 Å². The number of hydrogen-bond acceptors (Lipinski definition) is 0. The van der Waals surface area contributed by atoms with Crippen molar-refractivity contribution in [1.82, 2.24) is 0 Å². The summed E-state index contributed by atoms with van der Waals surface area (Å²) in [5.41, 5.74) is -0.0880. The number of rotatable bonds is 4. The Bertz CT molecular complexity index is 174. The highest BCUT2D eigenvalue weighted by molar-refractivity contribution is 4.88. The molecule has 13 heavy (non-hydrogen) atoms. The summed E-state index contributed by atoms with van der Waals surface area (Å²) in [4.78, 5) is 0. The van der Waals surface area contributed by atoms with E-state index in [2.05, 4.69) is 5.92 Å². The third kappa shape index (κ3) is 7.77. The maximum absolute atomic E-state index is 13.2. The van der Waals surface area contributed by atoms with Crippen molar-refractivity contribution in [1.29, 1.82) is 0 Å². The fourth-order valence-corrected chi connectivity index (χ4v) is 1.24. The fraction of sp³-hybridized carbons (Fsp3) is 0.818. The minimum Gasteiger partial charge on any atom is -0.247 e. The maximum atomic E-state index is 13.2. The minimum atomic E-state index is -1.19. The van der Waals surface area contributed by atoms with Gasteiger partial charge in [-0.05, 0) is 11.8 Å². The van der Waals surface area contributed by atoms with Gasteiger partial charge in [-0.3, -0.25) is 0 Å². The lowest BCUT2D eigenvalue weighted by Gasteiger charge is -2.21. The number of hydrogen-bond donors (Lipinski definition) is 0. The van der Waals surface area contributed by atoms with Crippen LogP contribution in [0.15, 0.2) is 0 Å². The summed E-state index contributed by atoms with van der Waals surface area (Å²) in [6.07, 6.45) is 2.98. The normalized spacial score (nSPS) is 16.3. The molecule has 0 N–H and O–H groups in total. The van der Waals surface area contributed by atoms with Gasteiger partial charge in [-0.25, -0.2) is 8.78 Å².